The number of urea groups is 1. The number of nitrogens with one attached hydrogen (secondary N) is 2. The van der Waals surface area contributed by atoms with Crippen LogP contribution in [-0.2, 0) is 9.53 Å². The predicted molar refractivity (Wildman–Crippen MR) is 68.0 cm³/mol. The summed E-state index contributed by atoms with van der Waals surface area (Å²) in [5.74, 6) is -0.924. The minimum absolute atomic E-state index is 0.0916. The summed E-state index contributed by atoms with van der Waals surface area (Å²) in [6.45, 7) is 3.59. The molecule has 2 aliphatic heterocycles. The van der Waals surface area contributed by atoms with Gasteiger partial charge in [0.2, 0.25) is 0 Å². The molecule has 0 aliphatic carbocycles. The van der Waals surface area contributed by atoms with Crippen molar-refractivity contribution < 1.29 is 19.4 Å². The largest absolute Gasteiger partial charge is 0.479 e. The molecule has 2 saturated heterocycles. The van der Waals surface area contributed by atoms with Crippen LogP contribution in [0.25, 0.3) is 0 Å². The second-order valence-corrected chi connectivity index (χ2v) is 4.94. The van der Waals surface area contributed by atoms with Crippen molar-refractivity contribution in [1.29, 1.82) is 0 Å². The second kappa shape index (κ2) is 6.72. The molecule has 0 saturated carbocycles. The van der Waals surface area contributed by atoms with Gasteiger partial charge in [0.05, 0.1) is 6.10 Å². The molecule has 2 rings (SSSR count). The Hall–Kier alpha value is -1.34. The summed E-state index contributed by atoms with van der Waals surface area (Å²) in [4.78, 5) is 24.5. The van der Waals surface area contributed by atoms with Gasteiger partial charge in [-0.05, 0) is 25.8 Å². The highest BCUT2D eigenvalue weighted by molar-refractivity contribution is 5.74. The highest BCUT2D eigenvalue weighted by Gasteiger charge is 2.30. The molecule has 2 atom stereocenters. The number of carbonyl (C=O) groups is 2. The van der Waals surface area contributed by atoms with Gasteiger partial charge in [0.25, 0.3) is 0 Å². The van der Waals surface area contributed by atoms with Gasteiger partial charge in [0, 0.05) is 26.2 Å². The van der Waals surface area contributed by atoms with Crippen LogP contribution in [0.3, 0.4) is 0 Å². The van der Waals surface area contributed by atoms with Gasteiger partial charge in [-0.25, -0.2) is 9.59 Å². The Balaban J connectivity index is 1.70. The minimum atomic E-state index is -0.924. The summed E-state index contributed by atoms with van der Waals surface area (Å²) in [6, 6.07) is -0.0916. The van der Waals surface area contributed by atoms with Gasteiger partial charge in [-0.15, -0.1) is 0 Å². The number of carbonyl (C=O) groups excluding carboxylic acids is 1. The molecule has 108 valence electrons. The van der Waals surface area contributed by atoms with Crippen molar-refractivity contribution in [3.8, 4) is 0 Å². The first-order valence-corrected chi connectivity index (χ1v) is 6.78. The summed E-state index contributed by atoms with van der Waals surface area (Å²) in [5, 5.41) is 14.9. The molecule has 2 unspecified atom stereocenters. The number of hydrogen-bond donors (Lipinski definition) is 3. The van der Waals surface area contributed by atoms with Gasteiger partial charge in [-0.3, -0.25) is 0 Å². The van der Waals surface area contributed by atoms with E-state index >= 15 is 0 Å². The standard InChI is InChI=1S/C12H21N3O4/c16-11(17)10-3-2-9(19-10)8-14-12(18)15-6-1-4-13-5-7-15/h9-10,13H,1-8H2,(H,14,18)(H,16,17). The molecule has 7 heteroatoms. The molecule has 2 heterocycles. The van der Waals surface area contributed by atoms with Crippen LogP contribution in [0, 0.1) is 0 Å². The number of carboxylic acid groups (broad SMARTS) is 1. The number of amides is 2. The van der Waals surface area contributed by atoms with Crippen LogP contribution in [0.15, 0.2) is 0 Å². The fourth-order valence-electron chi connectivity index (χ4n) is 2.40. The monoisotopic (exact) mass is 271 g/mol. The summed E-state index contributed by atoms with van der Waals surface area (Å²) in [7, 11) is 0. The molecule has 19 heavy (non-hydrogen) atoms. The van der Waals surface area contributed by atoms with Gasteiger partial charge >= 0.3 is 12.0 Å². The molecule has 2 fully saturated rings. The van der Waals surface area contributed by atoms with E-state index in [0.29, 0.717) is 25.9 Å². The zero-order valence-electron chi connectivity index (χ0n) is 10.9. The van der Waals surface area contributed by atoms with Crippen LogP contribution in [0.1, 0.15) is 19.3 Å². The Morgan fingerprint density at radius 2 is 2.16 bits per heavy atom. The topological polar surface area (TPSA) is 90.9 Å². The molecule has 0 aromatic heterocycles. The Kier molecular flexibility index (Phi) is 4.98. The van der Waals surface area contributed by atoms with Crippen molar-refractivity contribution in [3.63, 3.8) is 0 Å². The van der Waals surface area contributed by atoms with Gasteiger partial charge in [-0.1, -0.05) is 0 Å². The van der Waals surface area contributed by atoms with Crippen LogP contribution >= 0.6 is 0 Å². The van der Waals surface area contributed by atoms with E-state index in [1.807, 2.05) is 0 Å². The molecule has 0 spiro atoms. The summed E-state index contributed by atoms with van der Waals surface area (Å²) in [5.41, 5.74) is 0. The Morgan fingerprint density at radius 1 is 1.32 bits per heavy atom. The fourth-order valence-corrected chi connectivity index (χ4v) is 2.40. The maximum absolute atomic E-state index is 11.9. The number of hydrogen-bond acceptors (Lipinski definition) is 4. The smallest absolute Gasteiger partial charge is 0.332 e. The van der Waals surface area contributed by atoms with Crippen molar-refractivity contribution in [2.45, 2.75) is 31.5 Å². The van der Waals surface area contributed by atoms with Crippen molar-refractivity contribution in [1.82, 2.24) is 15.5 Å². The van der Waals surface area contributed by atoms with Crippen molar-refractivity contribution in [2.24, 2.45) is 0 Å². The number of nitrogens with zero attached hydrogens (tertiary/aromatic N) is 1. The number of rotatable bonds is 3. The van der Waals surface area contributed by atoms with E-state index in [0.717, 1.165) is 26.1 Å². The first-order valence-electron chi connectivity index (χ1n) is 6.78. The summed E-state index contributed by atoms with van der Waals surface area (Å²) in [6.07, 6.45) is 1.25. The lowest BCUT2D eigenvalue weighted by atomic mass is 10.2. The quantitative estimate of drug-likeness (QED) is 0.651. The second-order valence-electron chi connectivity index (χ2n) is 4.94. The molecule has 0 aromatic rings. The maximum Gasteiger partial charge on any atom is 0.332 e. The van der Waals surface area contributed by atoms with E-state index in [1.165, 1.54) is 0 Å². The molecule has 3 N–H and O–H groups in total. The Bertz CT molecular complexity index is 329. The first kappa shape index (κ1) is 14.1. The lowest BCUT2D eigenvalue weighted by Crippen LogP contribution is -2.44. The molecule has 2 aliphatic rings. The van der Waals surface area contributed by atoms with Crippen LogP contribution in [0.2, 0.25) is 0 Å². The van der Waals surface area contributed by atoms with Crippen LogP contribution in [-0.4, -0.2) is 66.9 Å². The van der Waals surface area contributed by atoms with Gasteiger partial charge in [0.15, 0.2) is 6.10 Å². The van der Waals surface area contributed by atoms with Gasteiger partial charge < -0.3 is 25.4 Å². The third-order valence-electron chi connectivity index (χ3n) is 3.49. The maximum atomic E-state index is 11.9. The molecule has 7 nitrogen and oxygen atoms in total. The van der Waals surface area contributed by atoms with Gasteiger partial charge in [0.1, 0.15) is 0 Å². The van der Waals surface area contributed by atoms with E-state index in [-0.39, 0.29) is 12.1 Å². The van der Waals surface area contributed by atoms with Crippen molar-refractivity contribution in [2.75, 3.05) is 32.7 Å². The third kappa shape index (κ3) is 4.07. The SMILES string of the molecule is O=C(O)C1CCC(CNC(=O)N2CCCNCC2)O1. The van der Waals surface area contributed by atoms with Crippen LogP contribution in [0.5, 0.6) is 0 Å². The van der Waals surface area contributed by atoms with Crippen LogP contribution in [0.4, 0.5) is 4.79 Å². The van der Waals surface area contributed by atoms with E-state index in [4.69, 9.17) is 9.84 Å². The number of carboxylic acids is 1. The zero-order valence-corrected chi connectivity index (χ0v) is 10.9. The lowest BCUT2D eigenvalue weighted by Gasteiger charge is -2.21. The Labute approximate surface area is 112 Å². The fraction of sp³-hybridized carbons (Fsp3) is 0.833. The highest BCUT2D eigenvalue weighted by Crippen LogP contribution is 2.19. The van der Waals surface area contributed by atoms with Crippen LogP contribution < -0.4 is 10.6 Å². The summed E-state index contributed by atoms with van der Waals surface area (Å²) < 4.78 is 5.34. The zero-order chi connectivity index (χ0) is 13.7. The molecular weight excluding hydrogens is 250 g/mol. The van der Waals surface area contributed by atoms with Crippen molar-refractivity contribution in [3.05, 3.63) is 0 Å². The molecular formula is C12H21N3O4. The number of ether oxygens (including phenoxy) is 1. The van der Waals surface area contributed by atoms with Crippen molar-refractivity contribution >= 4 is 12.0 Å². The normalized spacial score (nSPS) is 27.9. The average molecular weight is 271 g/mol. The lowest BCUT2D eigenvalue weighted by molar-refractivity contribution is -0.149. The predicted octanol–water partition coefficient (Wildman–Crippen LogP) is -0.376. The van der Waals surface area contributed by atoms with Gasteiger partial charge in [-0.2, -0.15) is 0 Å². The van der Waals surface area contributed by atoms with E-state index in [9.17, 15) is 9.59 Å². The third-order valence-corrected chi connectivity index (χ3v) is 3.49. The molecule has 0 aromatic carbocycles. The average Bonchev–Trinajstić information content (AvgIpc) is 2.70. The summed E-state index contributed by atoms with van der Waals surface area (Å²) >= 11 is 0. The van der Waals surface area contributed by atoms with E-state index in [1.54, 1.807) is 4.90 Å². The molecule has 2 amide bonds. The van der Waals surface area contributed by atoms with E-state index < -0.39 is 12.1 Å². The first-order chi connectivity index (χ1) is 9.16. The minimum Gasteiger partial charge on any atom is -0.479 e. The van der Waals surface area contributed by atoms with E-state index in [2.05, 4.69) is 10.6 Å². The molecule has 0 bridgehead atoms. The Morgan fingerprint density at radius 3 is 2.89 bits per heavy atom. The highest BCUT2D eigenvalue weighted by atomic mass is 16.5. The molecule has 0 radical (unpaired) electrons. The number of aliphatic carboxylic acids is 1.